The molecule has 4 saturated carbocycles. The normalized spacial score (nSPS) is 52.6. The van der Waals surface area contributed by atoms with Gasteiger partial charge < -0.3 is 0 Å². The van der Waals surface area contributed by atoms with E-state index >= 15 is 0 Å². The van der Waals surface area contributed by atoms with Gasteiger partial charge in [-0.25, -0.2) is 0 Å². The van der Waals surface area contributed by atoms with Crippen molar-refractivity contribution in [2.45, 2.75) is 76.9 Å². The Morgan fingerprint density at radius 3 is 1.35 bits per heavy atom. The van der Waals surface area contributed by atoms with Crippen molar-refractivity contribution < 1.29 is 9.59 Å². The Labute approximate surface area is 146 Å². The molecule has 0 aromatic heterocycles. The first kappa shape index (κ1) is 16.3. The fraction of sp³-hybridized carbons (Fsp3) is 0.900. The zero-order valence-corrected chi connectivity index (χ0v) is 17.1. The molecule has 23 heavy (non-hydrogen) atoms. The van der Waals surface area contributed by atoms with Crippen LogP contribution in [0.3, 0.4) is 0 Å². The standard InChI is InChI=1S/C20H30O2Se/c1-17(2)11-7-9-19(17,5)15(21)13(11)23-14-12-8-10-20(6,16(14)22)18(12,3)4/h11-14H,7-10H2,1-6H3/t11-,12+,13-,14+,19+,20-. The maximum atomic E-state index is 13.2. The molecular weight excluding hydrogens is 351 g/mol. The zero-order chi connectivity index (χ0) is 17.0. The van der Waals surface area contributed by atoms with Crippen LogP contribution >= 0.6 is 0 Å². The van der Waals surface area contributed by atoms with Crippen LogP contribution in [0.2, 0.25) is 9.63 Å². The summed E-state index contributed by atoms with van der Waals surface area (Å²) in [5.74, 6) is 2.03. The molecule has 0 amide bonds. The van der Waals surface area contributed by atoms with Gasteiger partial charge in [0.15, 0.2) is 0 Å². The number of Topliss-reactive ketones (excluding diaryl/α,β-unsaturated/α-hetero) is 2. The summed E-state index contributed by atoms with van der Waals surface area (Å²) in [6.45, 7) is 13.6. The molecule has 0 N–H and O–H groups in total. The third-order valence-corrected chi connectivity index (χ3v) is 12.7. The van der Waals surface area contributed by atoms with Crippen molar-refractivity contribution in [1.29, 1.82) is 0 Å². The molecule has 0 heterocycles. The van der Waals surface area contributed by atoms with Crippen molar-refractivity contribution in [3.05, 3.63) is 0 Å². The fourth-order valence-corrected chi connectivity index (χ4v) is 11.5. The van der Waals surface area contributed by atoms with Gasteiger partial charge >= 0.3 is 146 Å². The van der Waals surface area contributed by atoms with Crippen LogP contribution in [0.25, 0.3) is 0 Å². The molecule has 0 aromatic rings. The summed E-state index contributed by atoms with van der Waals surface area (Å²) in [4.78, 5) is 26.7. The Bertz CT molecular complexity index is 555. The van der Waals surface area contributed by atoms with Gasteiger partial charge in [0.25, 0.3) is 0 Å². The summed E-state index contributed by atoms with van der Waals surface area (Å²) in [6, 6.07) is 0. The molecule has 4 aliphatic rings. The van der Waals surface area contributed by atoms with E-state index in [9.17, 15) is 9.59 Å². The number of hydrogen-bond donors (Lipinski definition) is 0. The summed E-state index contributed by atoms with van der Waals surface area (Å²) in [6.07, 6.45) is 4.49. The quantitative estimate of drug-likeness (QED) is 0.668. The average Bonchev–Trinajstić information content (AvgIpc) is 2.93. The molecule has 0 unspecified atom stereocenters. The summed E-state index contributed by atoms with van der Waals surface area (Å²) in [5.41, 5.74) is -0.0263. The van der Waals surface area contributed by atoms with Crippen molar-refractivity contribution in [1.82, 2.24) is 0 Å². The van der Waals surface area contributed by atoms with Crippen molar-refractivity contribution >= 4 is 26.5 Å². The molecule has 2 nitrogen and oxygen atoms in total. The molecule has 0 spiro atoms. The molecular formula is C20H30O2Se. The minimum absolute atomic E-state index is 0.122. The minimum atomic E-state index is -0.135. The van der Waals surface area contributed by atoms with Crippen LogP contribution in [0.5, 0.6) is 0 Å². The van der Waals surface area contributed by atoms with Crippen LogP contribution in [0.15, 0.2) is 0 Å². The second kappa shape index (κ2) is 4.33. The predicted molar refractivity (Wildman–Crippen MR) is 92.5 cm³/mol. The number of hydrogen-bond acceptors (Lipinski definition) is 2. The van der Waals surface area contributed by atoms with E-state index in [0.717, 1.165) is 12.8 Å². The third-order valence-electron chi connectivity index (χ3n) is 9.24. The Hall–Kier alpha value is -0.141. The number of carbonyl (C=O) groups is 2. The van der Waals surface area contributed by atoms with Gasteiger partial charge in [0.05, 0.1) is 0 Å². The number of carbonyl (C=O) groups excluding carboxylic acids is 2. The van der Waals surface area contributed by atoms with Gasteiger partial charge in [0.2, 0.25) is 0 Å². The monoisotopic (exact) mass is 382 g/mol. The topological polar surface area (TPSA) is 34.1 Å². The Morgan fingerprint density at radius 1 is 0.739 bits per heavy atom. The van der Waals surface area contributed by atoms with Crippen LogP contribution in [-0.4, -0.2) is 26.5 Å². The zero-order valence-electron chi connectivity index (χ0n) is 15.4. The molecule has 0 aliphatic heterocycles. The molecule has 0 radical (unpaired) electrons. The van der Waals surface area contributed by atoms with Crippen molar-refractivity contribution in [3.8, 4) is 0 Å². The van der Waals surface area contributed by atoms with Crippen molar-refractivity contribution in [2.75, 3.05) is 0 Å². The SMILES string of the molecule is CC1(C)[C@@H]2CC[C@@]1(C)C(=O)[C@@H]2[Se][C@@H]1C(=O)[C@@]2(C)CC[C@@H]1C2(C)C. The average molecular weight is 381 g/mol. The molecule has 4 aliphatic carbocycles. The number of rotatable bonds is 2. The van der Waals surface area contributed by atoms with Gasteiger partial charge in [-0.2, -0.15) is 0 Å². The van der Waals surface area contributed by atoms with Crippen LogP contribution in [0, 0.1) is 33.5 Å². The number of ketones is 2. The summed E-state index contributed by atoms with van der Waals surface area (Å²) < 4.78 is 0. The van der Waals surface area contributed by atoms with Gasteiger partial charge in [-0.1, -0.05) is 0 Å². The van der Waals surface area contributed by atoms with Crippen LogP contribution < -0.4 is 0 Å². The Morgan fingerprint density at radius 2 is 1.09 bits per heavy atom. The molecule has 4 rings (SSSR count). The van der Waals surface area contributed by atoms with E-state index in [-0.39, 0.29) is 46.2 Å². The Balaban J connectivity index is 1.64. The molecule has 4 fully saturated rings. The van der Waals surface area contributed by atoms with Gasteiger partial charge in [0.1, 0.15) is 0 Å². The first-order valence-electron chi connectivity index (χ1n) is 9.22. The van der Waals surface area contributed by atoms with Crippen LogP contribution in [0.4, 0.5) is 0 Å². The van der Waals surface area contributed by atoms with Crippen molar-refractivity contribution in [3.63, 3.8) is 0 Å². The molecule has 128 valence electrons. The molecule has 3 heteroatoms. The van der Waals surface area contributed by atoms with E-state index in [1.54, 1.807) is 0 Å². The first-order chi connectivity index (χ1) is 10.5. The predicted octanol–water partition coefficient (Wildman–Crippen LogP) is 4.32. The van der Waals surface area contributed by atoms with Gasteiger partial charge in [-0.15, -0.1) is 0 Å². The maximum absolute atomic E-state index is 13.2. The Kier molecular flexibility index (Phi) is 3.08. The van der Waals surface area contributed by atoms with E-state index in [0.29, 0.717) is 23.4 Å². The van der Waals surface area contributed by atoms with Gasteiger partial charge in [-0.3, -0.25) is 0 Å². The first-order valence-corrected chi connectivity index (χ1v) is 11.2. The van der Waals surface area contributed by atoms with E-state index in [1.165, 1.54) is 12.8 Å². The van der Waals surface area contributed by atoms with E-state index in [4.69, 9.17) is 0 Å². The van der Waals surface area contributed by atoms with E-state index < -0.39 is 0 Å². The van der Waals surface area contributed by atoms with Gasteiger partial charge in [-0.05, 0) is 0 Å². The fourth-order valence-electron chi connectivity index (χ4n) is 6.48. The van der Waals surface area contributed by atoms with Crippen molar-refractivity contribution in [2.24, 2.45) is 33.5 Å². The van der Waals surface area contributed by atoms with Crippen LogP contribution in [-0.2, 0) is 9.59 Å². The number of fused-ring (bicyclic) bond motifs is 4. The molecule has 0 aromatic carbocycles. The summed E-state index contributed by atoms with van der Waals surface area (Å²) >= 11 is 0.147. The van der Waals surface area contributed by atoms with E-state index in [2.05, 4.69) is 41.5 Å². The van der Waals surface area contributed by atoms with Crippen LogP contribution in [0.1, 0.15) is 67.2 Å². The summed E-state index contributed by atoms with van der Waals surface area (Å²) in [7, 11) is 0. The van der Waals surface area contributed by atoms with Gasteiger partial charge in [0, 0.05) is 0 Å². The molecule has 4 bridgehead atoms. The van der Waals surface area contributed by atoms with E-state index in [1.807, 2.05) is 0 Å². The molecule has 6 atom stereocenters. The molecule has 0 saturated heterocycles. The second-order valence-electron chi connectivity index (χ2n) is 10.1. The second-order valence-corrected chi connectivity index (χ2v) is 12.8. The summed E-state index contributed by atoms with van der Waals surface area (Å²) in [5, 5.41) is 0. The third kappa shape index (κ3) is 1.58.